The van der Waals surface area contributed by atoms with Gasteiger partial charge in [-0.05, 0) is 25.7 Å². The van der Waals surface area contributed by atoms with E-state index in [4.69, 9.17) is 4.84 Å². The molecule has 0 aromatic carbocycles. The van der Waals surface area contributed by atoms with Gasteiger partial charge in [-0.2, -0.15) is 0 Å². The van der Waals surface area contributed by atoms with E-state index in [-0.39, 0.29) is 0 Å². The number of ether oxygens (including phenoxy) is 1. The zero-order valence-electron chi connectivity index (χ0n) is 8.36. The van der Waals surface area contributed by atoms with Gasteiger partial charge in [0.15, 0.2) is 0 Å². The number of hydrogen-bond donors (Lipinski definition) is 0. The molecule has 0 spiro atoms. The van der Waals surface area contributed by atoms with Gasteiger partial charge in [-0.25, -0.2) is 4.79 Å². The lowest BCUT2D eigenvalue weighted by atomic mass is 9.99. The molecular formula is C10H15NO3. The summed E-state index contributed by atoms with van der Waals surface area (Å²) in [5, 5.41) is 3.91. The largest absolute Gasteiger partial charge is 0.466 e. The molecule has 0 saturated heterocycles. The van der Waals surface area contributed by atoms with Gasteiger partial charge >= 0.3 is 5.97 Å². The monoisotopic (exact) mass is 197 g/mol. The molecule has 78 valence electrons. The molecule has 1 aliphatic rings. The second kappa shape index (κ2) is 6.18. The molecule has 14 heavy (non-hydrogen) atoms. The molecule has 0 radical (unpaired) electrons. The Balaban J connectivity index is 2.24. The molecule has 0 aliphatic heterocycles. The molecule has 1 rings (SSSR count). The third-order valence-corrected chi connectivity index (χ3v) is 2.08. The van der Waals surface area contributed by atoms with E-state index in [0.29, 0.717) is 0 Å². The number of carbonyl (C=O) groups is 1. The van der Waals surface area contributed by atoms with Crippen LogP contribution < -0.4 is 0 Å². The molecule has 0 N–H and O–H groups in total. The summed E-state index contributed by atoms with van der Waals surface area (Å²) in [6.45, 7) is 0. The van der Waals surface area contributed by atoms with Gasteiger partial charge < -0.3 is 9.57 Å². The second-order valence-corrected chi connectivity index (χ2v) is 3.15. The van der Waals surface area contributed by atoms with Crippen molar-refractivity contribution in [3.63, 3.8) is 0 Å². The molecule has 0 heterocycles. The number of rotatable bonds is 3. The van der Waals surface area contributed by atoms with Crippen LogP contribution >= 0.6 is 0 Å². The molecule has 0 aromatic heterocycles. The minimum atomic E-state index is -0.436. The summed E-state index contributed by atoms with van der Waals surface area (Å²) in [5.41, 5.74) is 1.07. The Morgan fingerprint density at radius 3 is 2.71 bits per heavy atom. The fourth-order valence-corrected chi connectivity index (χ4v) is 1.31. The summed E-state index contributed by atoms with van der Waals surface area (Å²) in [4.78, 5) is 15.5. The summed E-state index contributed by atoms with van der Waals surface area (Å²) >= 11 is 0. The number of carbonyl (C=O) groups excluding carboxylic acids is 1. The first-order chi connectivity index (χ1) is 6.83. The molecule has 0 atom stereocenters. The number of esters is 1. The van der Waals surface area contributed by atoms with Crippen LogP contribution in [-0.2, 0) is 14.4 Å². The predicted octanol–water partition coefficient (Wildman–Crippen LogP) is 2.01. The first-order valence-corrected chi connectivity index (χ1v) is 4.79. The molecule has 1 fully saturated rings. The van der Waals surface area contributed by atoms with Gasteiger partial charge in [0.25, 0.3) is 0 Å². The van der Waals surface area contributed by atoms with E-state index in [1.807, 2.05) is 0 Å². The molecule has 1 saturated carbocycles. The van der Waals surface area contributed by atoms with Gasteiger partial charge in [-0.3, -0.25) is 0 Å². The highest BCUT2D eigenvalue weighted by atomic mass is 16.6. The molecule has 0 amide bonds. The van der Waals surface area contributed by atoms with Gasteiger partial charge in [0, 0.05) is 0 Å². The topological polar surface area (TPSA) is 47.9 Å². The average molecular weight is 197 g/mol. The molecule has 4 heteroatoms. The maximum atomic E-state index is 10.6. The van der Waals surface area contributed by atoms with E-state index >= 15 is 0 Å². The number of hydrogen-bond acceptors (Lipinski definition) is 4. The van der Waals surface area contributed by atoms with Crippen molar-refractivity contribution in [1.82, 2.24) is 0 Å². The first-order valence-electron chi connectivity index (χ1n) is 4.79. The Labute approximate surface area is 83.6 Å². The van der Waals surface area contributed by atoms with E-state index < -0.39 is 5.97 Å². The van der Waals surface area contributed by atoms with Gasteiger partial charge in [-0.15, -0.1) is 0 Å². The van der Waals surface area contributed by atoms with Crippen molar-refractivity contribution in [2.75, 3.05) is 7.11 Å². The zero-order valence-corrected chi connectivity index (χ0v) is 8.36. The summed E-state index contributed by atoms with van der Waals surface area (Å²) < 4.78 is 4.39. The summed E-state index contributed by atoms with van der Waals surface area (Å²) in [7, 11) is 1.32. The molecule has 0 aromatic rings. The van der Waals surface area contributed by atoms with Crippen molar-refractivity contribution in [3.05, 3.63) is 12.3 Å². The lowest BCUT2D eigenvalue weighted by Crippen LogP contribution is -2.04. The molecule has 0 bridgehead atoms. The number of methoxy groups -OCH3 is 1. The van der Waals surface area contributed by atoms with E-state index in [1.165, 1.54) is 38.7 Å². The van der Waals surface area contributed by atoms with Crippen LogP contribution in [0.5, 0.6) is 0 Å². The minimum Gasteiger partial charge on any atom is -0.466 e. The molecule has 0 unspecified atom stereocenters. The van der Waals surface area contributed by atoms with E-state index in [2.05, 4.69) is 9.89 Å². The number of oxime groups is 1. The Hall–Kier alpha value is -1.32. The van der Waals surface area contributed by atoms with E-state index in [1.54, 1.807) is 0 Å². The maximum absolute atomic E-state index is 10.6. The Morgan fingerprint density at radius 2 is 2.07 bits per heavy atom. The van der Waals surface area contributed by atoms with Crippen molar-refractivity contribution in [1.29, 1.82) is 0 Å². The highest BCUT2D eigenvalue weighted by Gasteiger charge is 2.06. The van der Waals surface area contributed by atoms with Crippen LogP contribution in [0.4, 0.5) is 0 Å². The van der Waals surface area contributed by atoms with Gasteiger partial charge in [0.05, 0.1) is 18.9 Å². The van der Waals surface area contributed by atoms with Gasteiger partial charge in [-0.1, -0.05) is 11.6 Å². The predicted molar refractivity (Wildman–Crippen MR) is 52.8 cm³/mol. The van der Waals surface area contributed by atoms with Crippen LogP contribution in [-0.4, -0.2) is 18.8 Å². The zero-order chi connectivity index (χ0) is 10.2. The average Bonchev–Trinajstić information content (AvgIpc) is 2.25. The quantitative estimate of drug-likeness (QED) is 0.301. The first kappa shape index (κ1) is 10.8. The summed E-state index contributed by atoms with van der Waals surface area (Å²) in [6, 6.07) is 0. The second-order valence-electron chi connectivity index (χ2n) is 3.15. The number of nitrogens with zero attached hydrogens (tertiary/aromatic N) is 1. The molecule has 4 nitrogen and oxygen atoms in total. The molecular weight excluding hydrogens is 182 g/mol. The Kier molecular flexibility index (Phi) is 4.75. The van der Waals surface area contributed by atoms with Crippen LogP contribution in [0.15, 0.2) is 17.5 Å². The Bertz CT molecular complexity index is 238. The van der Waals surface area contributed by atoms with Crippen LogP contribution in [0.1, 0.15) is 32.1 Å². The maximum Gasteiger partial charge on any atom is 0.333 e. The smallest absolute Gasteiger partial charge is 0.333 e. The highest BCUT2D eigenvalue weighted by molar-refractivity contribution is 5.84. The SMILES string of the molecule is COC(=O)/C=C\ON=C1CCCCC1. The van der Waals surface area contributed by atoms with Crippen molar-refractivity contribution in [3.8, 4) is 0 Å². The normalized spacial score (nSPS) is 16.8. The van der Waals surface area contributed by atoms with E-state index in [9.17, 15) is 4.79 Å². The highest BCUT2D eigenvalue weighted by Crippen LogP contribution is 2.14. The van der Waals surface area contributed by atoms with Crippen LogP contribution in [0.25, 0.3) is 0 Å². The Morgan fingerprint density at radius 1 is 1.36 bits per heavy atom. The van der Waals surface area contributed by atoms with Gasteiger partial charge in [0.2, 0.25) is 0 Å². The third-order valence-electron chi connectivity index (χ3n) is 2.08. The van der Waals surface area contributed by atoms with Crippen molar-refractivity contribution in [2.24, 2.45) is 5.16 Å². The summed E-state index contributed by atoms with van der Waals surface area (Å²) in [6.07, 6.45) is 8.10. The fraction of sp³-hybridized carbons (Fsp3) is 0.600. The molecule has 1 aliphatic carbocycles. The van der Waals surface area contributed by atoms with Gasteiger partial charge in [0.1, 0.15) is 6.26 Å². The van der Waals surface area contributed by atoms with Crippen molar-refractivity contribution < 1.29 is 14.4 Å². The standard InChI is InChI=1S/C10H15NO3/c1-13-10(12)7-8-14-11-9-5-3-2-4-6-9/h7-8H,2-6H2,1H3/b8-7-. The van der Waals surface area contributed by atoms with Crippen molar-refractivity contribution in [2.45, 2.75) is 32.1 Å². The third kappa shape index (κ3) is 4.07. The van der Waals surface area contributed by atoms with Crippen LogP contribution in [0.3, 0.4) is 0 Å². The summed E-state index contributed by atoms with van der Waals surface area (Å²) in [5.74, 6) is -0.436. The minimum absolute atomic E-state index is 0.436. The van der Waals surface area contributed by atoms with Crippen LogP contribution in [0, 0.1) is 0 Å². The lowest BCUT2D eigenvalue weighted by molar-refractivity contribution is -0.134. The van der Waals surface area contributed by atoms with Crippen molar-refractivity contribution >= 4 is 11.7 Å². The van der Waals surface area contributed by atoms with Crippen LogP contribution in [0.2, 0.25) is 0 Å². The fourth-order valence-electron chi connectivity index (χ4n) is 1.31. The lowest BCUT2D eigenvalue weighted by Gasteiger charge is -2.10. The van der Waals surface area contributed by atoms with E-state index in [0.717, 1.165) is 18.6 Å².